The maximum absolute atomic E-state index is 4.97. The van der Waals surface area contributed by atoms with E-state index in [-0.39, 0.29) is 0 Å². The Labute approximate surface area is 50.2 Å². The molecule has 1 N–H and O–H groups in total. The summed E-state index contributed by atoms with van der Waals surface area (Å²) < 4.78 is 4.97. The van der Waals surface area contributed by atoms with E-state index in [0.29, 0.717) is 0 Å². The molecule has 1 aliphatic heterocycles. The lowest BCUT2D eigenvalue weighted by molar-refractivity contribution is 0.160. The second-order valence-corrected chi connectivity index (χ2v) is 2.17. The first-order valence-electron chi connectivity index (χ1n) is 2.97. The van der Waals surface area contributed by atoms with Crippen molar-refractivity contribution in [3.63, 3.8) is 0 Å². The number of ether oxygens (including phenoxy) is 1. The minimum Gasteiger partial charge on any atom is -0.384 e. The third-order valence-corrected chi connectivity index (χ3v) is 1.40. The van der Waals surface area contributed by atoms with Gasteiger partial charge in [-0.3, -0.25) is 0 Å². The van der Waals surface area contributed by atoms with E-state index < -0.39 is 0 Å². The van der Waals surface area contributed by atoms with Crippen LogP contribution in [0.3, 0.4) is 0 Å². The van der Waals surface area contributed by atoms with Crippen molar-refractivity contribution in [2.45, 2.75) is 6.42 Å². The molecule has 0 spiro atoms. The average Bonchev–Trinajstić information content (AvgIpc) is 2.19. The minimum atomic E-state index is 0.722. The van der Waals surface area contributed by atoms with E-state index in [1.54, 1.807) is 7.11 Å². The Balaban J connectivity index is 2.06. The fraction of sp³-hybridized carbons (Fsp3) is 0.833. The number of hydrogen-bond acceptors (Lipinski definition) is 2. The molecule has 1 fully saturated rings. The lowest BCUT2D eigenvalue weighted by Crippen LogP contribution is -2.11. The van der Waals surface area contributed by atoms with Gasteiger partial charge in [-0.2, -0.15) is 0 Å². The van der Waals surface area contributed by atoms with Crippen LogP contribution in [0.5, 0.6) is 0 Å². The highest BCUT2D eigenvalue weighted by Crippen LogP contribution is 2.09. The fourth-order valence-electron chi connectivity index (χ4n) is 0.946. The first-order chi connectivity index (χ1) is 3.93. The SMILES string of the molecule is COCC1C[CH]NC1. The number of hydrogen-bond donors (Lipinski definition) is 1. The molecule has 2 nitrogen and oxygen atoms in total. The van der Waals surface area contributed by atoms with Crippen LogP contribution in [0, 0.1) is 12.5 Å². The van der Waals surface area contributed by atoms with Gasteiger partial charge in [0.05, 0.1) is 6.61 Å². The van der Waals surface area contributed by atoms with Crippen LogP contribution in [0.25, 0.3) is 0 Å². The molecular weight excluding hydrogens is 102 g/mol. The molecule has 1 saturated heterocycles. The average molecular weight is 114 g/mol. The second-order valence-electron chi connectivity index (χ2n) is 2.17. The lowest BCUT2D eigenvalue weighted by Gasteiger charge is -2.03. The van der Waals surface area contributed by atoms with Crippen molar-refractivity contribution < 1.29 is 4.74 Å². The molecule has 0 aromatic carbocycles. The molecule has 1 unspecified atom stereocenters. The zero-order valence-corrected chi connectivity index (χ0v) is 5.18. The maximum Gasteiger partial charge on any atom is 0.0503 e. The molecule has 47 valence electrons. The Bertz CT molecular complexity index is 59.5. The van der Waals surface area contributed by atoms with Gasteiger partial charge in [-0.05, 0) is 12.3 Å². The molecule has 0 amide bonds. The van der Waals surface area contributed by atoms with Crippen molar-refractivity contribution in [2.75, 3.05) is 20.3 Å². The summed E-state index contributed by atoms with van der Waals surface area (Å²) in [4.78, 5) is 0. The minimum absolute atomic E-state index is 0.722. The van der Waals surface area contributed by atoms with Crippen LogP contribution in [0.15, 0.2) is 0 Å². The van der Waals surface area contributed by atoms with Gasteiger partial charge >= 0.3 is 0 Å². The summed E-state index contributed by atoms with van der Waals surface area (Å²) in [6, 6.07) is 0. The van der Waals surface area contributed by atoms with Crippen LogP contribution < -0.4 is 5.32 Å². The summed E-state index contributed by atoms with van der Waals surface area (Å²) in [5.41, 5.74) is 0. The molecular formula is C6H12NO. The van der Waals surface area contributed by atoms with E-state index in [4.69, 9.17) is 4.74 Å². The molecule has 1 atom stereocenters. The normalized spacial score (nSPS) is 28.9. The van der Waals surface area contributed by atoms with Gasteiger partial charge in [0.1, 0.15) is 0 Å². The Morgan fingerprint density at radius 2 is 2.75 bits per heavy atom. The van der Waals surface area contributed by atoms with Crippen molar-refractivity contribution in [2.24, 2.45) is 5.92 Å². The topological polar surface area (TPSA) is 21.3 Å². The predicted molar refractivity (Wildman–Crippen MR) is 32.3 cm³/mol. The maximum atomic E-state index is 4.97. The second kappa shape index (κ2) is 3.05. The van der Waals surface area contributed by atoms with Crippen molar-refractivity contribution in [1.29, 1.82) is 0 Å². The third-order valence-electron chi connectivity index (χ3n) is 1.40. The molecule has 1 heterocycles. The first-order valence-corrected chi connectivity index (χ1v) is 2.97. The number of rotatable bonds is 2. The van der Waals surface area contributed by atoms with Crippen LogP contribution in [0.4, 0.5) is 0 Å². The van der Waals surface area contributed by atoms with Crippen LogP contribution in [0.1, 0.15) is 6.42 Å². The molecule has 2 heteroatoms. The number of nitrogens with one attached hydrogen (secondary N) is 1. The molecule has 0 aromatic rings. The summed E-state index contributed by atoms with van der Waals surface area (Å²) in [5.74, 6) is 0.722. The Hall–Kier alpha value is -0.0800. The molecule has 0 bridgehead atoms. The summed E-state index contributed by atoms with van der Waals surface area (Å²) in [6.07, 6.45) is 1.16. The van der Waals surface area contributed by atoms with Crippen molar-refractivity contribution in [3.8, 4) is 0 Å². The largest absolute Gasteiger partial charge is 0.384 e. The monoisotopic (exact) mass is 114 g/mol. The van der Waals surface area contributed by atoms with Crippen molar-refractivity contribution in [1.82, 2.24) is 5.32 Å². The van der Waals surface area contributed by atoms with Gasteiger partial charge in [-0.25, -0.2) is 0 Å². The van der Waals surface area contributed by atoms with Gasteiger partial charge in [0.15, 0.2) is 0 Å². The summed E-state index contributed by atoms with van der Waals surface area (Å²) in [6.45, 7) is 4.08. The van der Waals surface area contributed by atoms with Gasteiger partial charge in [-0.1, -0.05) is 0 Å². The summed E-state index contributed by atoms with van der Waals surface area (Å²) >= 11 is 0. The standard InChI is InChI=1S/C6H12NO/c1-8-5-6-2-3-7-4-6/h3,6-7H,2,4-5H2,1H3. The molecule has 0 aromatic heterocycles. The molecule has 1 aliphatic rings. The molecule has 8 heavy (non-hydrogen) atoms. The van der Waals surface area contributed by atoms with Crippen molar-refractivity contribution >= 4 is 0 Å². The van der Waals surface area contributed by atoms with E-state index in [1.807, 2.05) is 0 Å². The van der Waals surface area contributed by atoms with Gasteiger partial charge in [-0.15, -0.1) is 0 Å². The van der Waals surface area contributed by atoms with Gasteiger partial charge in [0.2, 0.25) is 0 Å². The van der Waals surface area contributed by atoms with E-state index in [1.165, 1.54) is 0 Å². The van der Waals surface area contributed by atoms with E-state index >= 15 is 0 Å². The van der Waals surface area contributed by atoms with Crippen LogP contribution in [-0.4, -0.2) is 20.3 Å². The molecule has 1 radical (unpaired) electrons. The van der Waals surface area contributed by atoms with Crippen molar-refractivity contribution in [3.05, 3.63) is 6.54 Å². The van der Waals surface area contributed by atoms with Crippen LogP contribution in [0.2, 0.25) is 0 Å². The fourth-order valence-corrected chi connectivity index (χ4v) is 0.946. The van der Waals surface area contributed by atoms with Gasteiger partial charge in [0.25, 0.3) is 0 Å². The summed E-state index contributed by atoms with van der Waals surface area (Å²) in [5, 5.41) is 3.15. The van der Waals surface area contributed by atoms with Crippen LogP contribution >= 0.6 is 0 Å². The Morgan fingerprint density at radius 3 is 3.25 bits per heavy atom. The Morgan fingerprint density at radius 1 is 1.88 bits per heavy atom. The quantitative estimate of drug-likeness (QED) is 0.561. The molecule has 0 saturated carbocycles. The predicted octanol–water partition coefficient (Wildman–Crippen LogP) is 0.404. The third kappa shape index (κ3) is 1.46. The van der Waals surface area contributed by atoms with Gasteiger partial charge in [0, 0.05) is 20.2 Å². The Kier molecular flexibility index (Phi) is 2.30. The van der Waals surface area contributed by atoms with Gasteiger partial charge < -0.3 is 10.1 Å². The van der Waals surface area contributed by atoms with Crippen LogP contribution in [-0.2, 0) is 4.74 Å². The highest BCUT2D eigenvalue weighted by atomic mass is 16.5. The van der Waals surface area contributed by atoms with E-state index in [2.05, 4.69) is 11.9 Å². The lowest BCUT2D eigenvalue weighted by atomic mass is 10.1. The van der Waals surface area contributed by atoms with E-state index in [9.17, 15) is 0 Å². The molecule has 1 rings (SSSR count). The zero-order valence-electron chi connectivity index (χ0n) is 5.18. The molecule has 0 aliphatic carbocycles. The summed E-state index contributed by atoms with van der Waals surface area (Å²) in [7, 11) is 1.75. The highest BCUT2D eigenvalue weighted by molar-refractivity contribution is 4.78. The highest BCUT2D eigenvalue weighted by Gasteiger charge is 2.13. The first kappa shape index (κ1) is 6.05. The zero-order chi connectivity index (χ0) is 5.82. The number of methoxy groups -OCH3 is 1. The smallest absolute Gasteiger partial charge is 0.0503 e. The van der Waals surface area contributed by atoms with E-state index in [0.717, 1.165) is 25.5 Å².